The minimum atomic E-state index is 0.900. The van der Waals surface area contributed by atoms with E-state index in [1.165, 1.54) is 21.0 Å². The van der Waals surface area contributed by atoms with Crippen molar-refractivity contribution in [2.24, 2.45) is 0 Å². The maximum absolute atomic E-state index is 4.82. The topological polar surface area (TPSA) is 12.9 Å². The Morgan fingerprint density at radius 3 is 2.45 bits per heavy atom. The van der Waals surface area contributed by atoms with E-state index in [1.807, 2.05) is 12.1 Å². The molecule has 0 saturated heterocycles. The monoisotopic (exact) mass is 343 g/mol. The van der Waals surface area contributed by atoms with Crippen molar-refractivity contribution < 1.29 is 0 Å². The van der Waals surface area contributed by atoms with Gasteiger partial charge >= 0.3 is 0 Å². The quantitative estimate of drug-likeness (QED) is 0.614. The van der Waals surface area contributed by atoms with E-state index in [4.69, 9.17) is 4.98 Å². The van der Waals surface area contributed by atoms with E-state index >= 15 is 0 Å². The van der Waals surface area contributed by atoms with Crippen molar-refractivity contribution in [1.29, 1.82) is 0 Å². The van der Waals surface area contributed by atoms with Gasteiger partial charge in [-0.15, -0.1) is 11.3 Å². The molecule has 3 rings (SSSR count). The first-order chi connectivity index (χ1) is 9.74. The van der Waals surface area contributed by atoms with Crippen LogP contribution in [0.25, 0.3) is 11.3 Å². The average Bonchev–Trinajstić information content (AvgIpc) is 2.81. The molecule has 1 heterocycles. The summed E-state index contributed by atoms with van der Waals surface area (Å²) in [6.45, 7) is 2.14. The van der Waals surface area contributed by atoms with Gasteiger partial charge in [0.2, 0.25) is 0 Å². The van der Waals surface area contributed by atoms with Gasteiger partial charge in [0.05, 0.1) is 10.7 Å². The zero-order chi connectivity index (χ0) is 13.9. The predicted octanol–water partition coefficient (Wildman–Crippen LogP) is 5.47. The van der Waals surface area contributed by atoms with Crippen molar-refractivity contribution in [2.45, 2.75) is 13.3 Å². The zero-order valence-corrected chi connectivity index (χ0v) is 13.5. The number of hydrogen-bond donors (Lipinski definition) is 0. The summed E-state index contributed by atoms with van der Waals surface area (Å²) < 4.78 is 1.10. The van der Waals surface area contributed by atoms with Crippen LogP contribution in [0.1, 0.15) is 15.4 Å². The van der Waals surface area contributed by atoms with Crippen LogP contribution >= 0.6 is 27.3 Å². The molecule has 100 valence electrons. The fourth-order valence-electron chi connectivity index (χ4n) is 2.20. The van der Waals surface area contributed by atoms with Gasteiger partial charge in [-0.05, 0) is 18.6 Å². The number of benzene rings is 2. The third kappa shape index (κ3) is 2.84. The van der Waals surface area contributed by atoms with Gasteiger partial charge in [0.15, 0.2) is 0 Å². The van der Waals surface area contributed by atoms with Crippen LogP contribution in [-0.2, 0) is 6.42 Å². The van der Waals surface area contributed by atoms with Gasteiger partial charge in [-0.2, -0.15) is 0 Å². The molecule has 0 aliphatic rings. The smallest absolute Gasteiger partial charge is 0.0979 e. The number of aryl methyl sites for hydroxylation is 1. The van der Waals surface area contributed by atoms with Crippen molar-refractivity contribution in [3.63, 3.8) is 0 Å². The number of rotatable bonds is 3. The van der Waals surface area contributed by atoms with Crippen LogP contribution in [0.2, 0.25) is 0 Å². The number of thiazole rings is 1. The van der Waals surface area contributed by atoms with Crippen LogP contribution in [0.5, 0.6) is 0 Å². The summed E-state index contributed by atoms with van der Waals surface area (Å²) >= 11 is 5.39. The molecular formula is C17H14BrNS. The van der Waals surface area contributed by atoms with Gasteiger partial charge < -0.3 is 0 Å². The molecule has 0 radical (unpaired) electrons. The molecule has 3 aromatic rings. The average molecular weight is 344 g/mol. The summed E-state index contributed by atoms with van der Waals surface area (Å²) in [6.07, 6.45) is 0.900. The lowest BCUT2D eigenvalue weighted by Crippen LogP contribution is -1.87. The van der Waals surface area contributed by atoms with Crippen LogP contribution < -0.4 is 0 Å². The van der Waals surface area contributed by atoms with Gasteiger partial charge in [-0.3, -0.25) is 0 Å². The summed E-state index contributed by atoms with van der Waals surface area (Å²) in [7, 11) is 0. The van der Waals surface area contributed by atoms with Crippen molar-refractivity contribution >= 4 is 27.3 Å². The maximum atomic E-state index is 4.82. The number of nitrogens with zero attached hydrogens (tertiary/aromatic N) is 1. The minimum absolute atomic E-state index is 0.900. The molecule has 1 nitrogen and oxygen atoms in total. The second-order valence-electron chi connectivity index (χ2n) is 4.65. The van der Waals surface area contributed by atoms with Crippen LogP contribution in [-0.4, -0.2) is 4.98 Å². The molecule has 20 heavy (non-hydrogen) atoms. The Labute approximate surface area is 131 Å². The molecule has 0 unspecified atom stereocenters. The van der Waals surface area contributed by atoms with Crippen LogP contribution in [0.3, 0.4) is 0 Å². The number of hydrogen-bond acceptors (Lipinski definition) is 2. The second-order valence-corrected chi connectivity index (χ2v) is 6.80. The van der Waals surface area contributed by atoms with E-state index in [0.717, 1.165) is 16.6 Å². The van der Waals surface area contributed by atoms with Crippen LogP contribution in [0, 0.1) is 6.92 Å². The van der Waals surface area contributed by atoms with Gasteiger partial charge in [0.25, 0.3) is 0 Å². The third-order valence-corrected chi connectivity index (χ3v) is 4.83. The van der Waals surface area contributed by atoms with E-state index in [9.17, 15) is 0 Å². The van der Waals surface area contributed by atoms with E-state index in [1.54, 1.807) is 11.3 Å². The molecule has 0 aliphatic carbocycles. The highest BCUT2D eigenvalue weighted by Crippen LogP contribution is 2.33. The summed E-state index contributed by atoms with van der Waals surface area (Å²) in [4.78, 5) is 6.09. The molecule has 0 spiro atoms. The largest absolute Gasteiger partial charge is 0.241 e. The molecule has 2 aromatic carbocycles. The van der Waals surface area contributed by atoms with E-state index in [2.05, 4.69) is 65.3 Å². The second kappa shape index (κ2) is 5.90. The summed E-state index contributed by atoms with van der Waals surface area (Å²) in [5, 5.41) is 1.17. The molecule has 3 heteroatoms. The normalized spacial score (nSPS) is 10.7. The van der Waals surface area contributed by atoms with Crippen molar-refractivity contribution in [3.8, 4) is 11.3 Å². The fourth-order valence-corrected chi connectivity index (χ4v) is 3.65. The van der Waals surface area contributed by atoms with E-state index in [0.29, 0.717) is 0 Å². The zero-order valence-electron chi connectivity index (χ0n) is 11.1. The van der Waals surface area contributed by atoms with Gasteiger partial charge in [0.1, 0.15) is 0 Å². The SMILES string of the molecule is Cc1sc(Cc2ccccc2)nc1-c1ccccc1Br. The van der Waals surface area contributed by atoms with E-state index in [-0.39, 0.29) is 0 Å². The molecule has 0 saturated carbocycles. The molecule has 0 atom stereocenters. The first-order valence-electron chi connectivity index (χ1n) is 6.49. The summed E-state index contributed by atoms with van der Waals surface area (Å²) in [6, 6.07) is 18.7. The third-order valence-electron chi connectivity index (χ3n) is 3.17. The molecule has 0 N–H and O–H groups in total. The summed E-state index contributed by atoms with van der Waals surface area (Å²) in [5.74, 6) is 0. The lowest BCUT2D eigenvalue weighted by Gasteiger charge is -2.01. The highest BCUT2D eigenvalue weighted by molar-refractivity contribution is 9.10. The highest BCUT2D eigenvalue weighted by atomic mass is 79.9. The molecule has 0 bridgehead atoms. The van der Waals surface area contributed by atoms with Crippen molar-refractivity contribution in [3.05, 3.63) is 74.5 Å². The van der Waals surface area contributed by atoms with Crippen molar-refractivity contribution in [2.75, 3.05) is 0 Å². The van der Waals surface area contributed by atoms with Crippen LogP contribution in [0.15, 0.2) is 59.1 Å². The highest BCUT2D eigenvalue weighted by Gasteiger charge is 2.12. The Morgan fingerprint density at radius 1 is 1.00 bits per heavy atom. The molecule has 1 aromatic heterocycles. The fraction of sp³-hybridized carbons (Fsp3) is 0.118. The minimum Gasteiger partial charge on any atom is -0.241 e. The Kier molecular flexibility index (Phi) is 3.99. The maximum Gasteiger partial charge on any atom is 0.0979 e. The summed E-state index contributed by atoms with van der Waals surface area (Å²) in [5.41, 5.74) is 3.56. The molecule has 0 fully saturated rings. The van der Waals surface area contributed by atoms with Gasteiger partial charge in [-0.1, -0.05) is 64.5 Å². The lowest BCUT2D eigenvalue weighted by molar-refractivity contribution is 1.14. The number of halogens is 1. The Balaban J connectivity index is 1.94. The predicted molar refractivity (Wildman–Crippen MR) is 89.2 cm³/mol. The number of aromatic nitrogens is 1. The first kappa shape index (κ1) is 13.5. The van der Waals surface area contributed by atoms with E-state index < -0.39 is 0 Å². The first-order valence-corrected chi connectivity index (χ1v) is 8.10. The molecular weight excluding hydrogens is 330 g/mol. The van der Waals surface area contributed by atoms with Gasteiger partial charge in [0, 0.05) is 21.3 Å². The molecule has 0 amide bonds. The lowest BCUT2D eigenvalue weighted by atomic mass is 10.1. The molecule has 0 aliphatic heterocycles. The Bertz CT molecular complexity index is 719. The Morgan fingerprint density at radius 2 is 1.70 bits per heavy atom. The van der Waals surface area contributed by atoms with Crippen LogP contribution in [0.4, 0.5) is 0 Å². The Hall–Kier alpha value is -1.45. The van der Waals surface area contributed by atoms with Gasteiger partial charge in [-0.25, -0.2) is 4.98 Å². The standard InChI is InChI=1S/C17H14BrNS/c1-12-17(14-9-5-6-10-15(14)18)19-16(20-12)11-13-7-3-2-4-8-13/h2-10H,11H2,1H3. The van der Waals surface area contributed by atoms with Crippen molar-refractivity contribution in [1.82, 2.24) is 4.98 Å².